The van der Waals surface area contributed by atoms with E-state index in [0.717, 1.165) is 7.11 Å². The van der Waals surface area contributed by atoms with Crippen LogP contribution in [0, 0.1) is 23.7 Å². The van der Waals surface area contributed by atoms with Crippen molar-refractivity contribution in [1.82, 2.24) is 4.90 Å². The molecule has 0 aromatic heterocycles. The lowest BCUT2D eigenvalue weighted by molar-refractivity contribution is -0.269. The Labute approximate surface area is 172 Å². The molecule has 3 aliphatic rings. The first-order valence-electron chi connectivity index (χ1n) is 9.57. The average molecular weight is 424 g/mol. The van der Waals surface area contributed by atoms with Crippen LogP contribution in [0.2, 0.25) is 5.02 Å². The van der Waals surface area contributed by atoms with Crippen molar-refractivity contribution in [3.8, 4) is 5.75 Å². The molecule has 0 unspecified atom stereocenters. The van der Waals surface area contributed by atoms with Crippen molar-refractivity contribution in [2.75, 3.05) is 7.11 Å². The van der Waals surface area contributed by atoms with Crippen LogP contribution in [0.3, 0.4) is 0 Å². The normalized spacial score (nSPS) is 36.1. The molecule has 2 aliphatic heterocycles. The van der Waals surface area contributed by atoms with E-state index in [9.17, 15) is 24.6 Å². The number of amides is 3. The average Bonchev–Trinajstić information content (AvgIpc) is 3.14. The topological polar surface area (TPSA) is 113 Å². The number of imide groups is 3. The van der Waals surface area contributed by atoms with Gasteiger partial charge in [0.1, 0.15) is 5.75 Å². The number of fused-ring (bicyclic) bond motifs is 3. The van der Waals surface area contributed by atoms with Crippen molar-refractivity contribution in [2.45, 2.75) is 38.1 Å². The number of rotatable bonds is 2. The lowest BCUT2D eigenvalue weighted by Crippen LogP contribution is -2.53. The zero-order chi connectivity index (χ0) is 21.1. The van der Waals surface area contributed by atoms with Crippen LogP contribution in [-0.2, 0) is 19.1 Å². The molecule has 8 nitrogen and oxygen atoms in total. The van der Waals surface area contributed by atoms with Crippen molar-refractivity contribution in [3.63, 3.8) is 0 Å². The molecular formula is C20H22ClNO7. The first-order chi connectivity index (χ1) is 13.7. The summed E-state index contributed by atoms with van der Waals surface area (Å²) in [7, 11) is 1.11. The van der Waals surface area contributed by atoms with E-state index in [0.29, 0.717) is 16.9 Å². The van der Waals surface area contributed by atoms with Crippen LogP contribution in [0.1, 0.15) is 37.9 Å². The second-order valence-electron chi connectivity index (χ2n) is 7.86. The summed E-state index contributed by atoms with van der Waals surface area (Å²) in [6.45, 7) is 1.88. The molecule has 2 saturated heterocycles. The summed E-state index contributed by atoms with van der Waals surface area (Å²) in [5.41, 5.74) is 0.584. The van der Waals surface area contributed by atoms with Gasteiger partial charge in [-0.05, 0) is 37.0 Å². The molecule has 156 valence electrons. The smallest absolute Gasteiger partial charge is 0.423 e. The molecule has 0 spiro atoms. The number of nitrogens with zero attached hydrogens (tertiary/aromatic N) is 1. The predicted octanol–water partition coefficient (Wildman–Crippen LogP) is 2.61. The van der Waals surface area contributed by atoms with Crippen molar-refractivity contribution in [3.05, 3.63) is 28.8 Å². The minimum absolute atomic E-state index is 0.00432. The van der Waals surface area contributed by atoms with Crippen LogP contribution in [0.25, 0.3) is 0 Å². The molecule has 0 bridgehead atoms. The zero-order valence-electron chi connectivity index (χ0n) is 16.0. The molecule has 1 aromatic rings. The van der Waals surface area contributed by atoms with E-state index < -0.39 is 47.6 Å². The second kappa shape index (κ2) is 6.97. The lowest BCUT2D eigenvalue weighted by Gasteiger charge is -2.44. The highest BCUT2D eigenvalue weighted by Gasteiger charge is 2.67. The monoisotopic (exact) mass is 423 g/mol. The van der Waals surface area contributed by atoms with E-state index in [2.05, 4.69) is 4.74 Å². The third-order valence-electron chi connectivity index (χ3n) is 6.54. The molecule has 4 rings (SSSR count). The van der Waals surface area contributed by atoms with E-state index in [1.165, 1.54) is 12.1 Å². The van der Waals surface area contributed by atoms with E-state index >= 15 is 0 Å². The summed E-state index contributed by atoms with van der Waals surface area (Å²) in [6.07, 6.45) is -0.593. The summed E-state index contributed by atoms with van der Waals surface area (Å²) < 4.78 is 10.7. The van der Waals surface area contributed by atoms with Gasteiger partial charge in [-0.25, -0.2) is 4.79 Å². The van der Waals surface area contributed by atoms with Gasteiger partial charge in [0.15, 0.2) is 5.79 Å². The summed E-state index contributed by atoms with van der Waals surface area (Å²) in [6, 6.07) is 4.47. The maximum absolute atomic E-state index is 13.0. The van der Waals surface area contributed by atoms with Gasteiger partial charge in [0.2, 0.25) is 11.8 Å². The summed E-state index contributed by atoms with van der Waals surface area (Å²) in [4.78, 5) is 38.3. The molecule has 6 atom stereocenters. The Hall–Kier alpha value is -2.16. The van der Waals surface area contributed by atoms with Crippen LogP contribution in [0.5, 0.6) is 5.75 Å². The van der Waals surface area contributed by atoms with Gasteiger partial charge < -0.3 is 19.7 Å². The Morgan fingerprint density at radius 2 is 2.07 bits per heavy atom. The third-order valence-corrected chi connectivity index (χ3v) is 6.87. The van der Waals surface area contributed by atoms with Crippen LogP contribution >= 0.6 is 11.6 Å². The van der Waals surface area contributed by atoms with Crippen molar-refractivity contribution in [2.24, 2.45) is 23.7 Å². The second-order valence-corrected chi connectivity index (χ2v) is 8.27. The van der Waals surface area contributed by atoms with Crippen molar-refractivity contribution >= 4 is 29.5 Å². The van der Waals surface area contributed by atoms with Crippen LogP contribution in [0.4, 0.5) is 4.79 Å². The van der Waals surface area contributed by atoms with Gasteiger partial charge in [-0.2, -0.15) is 4.90 Å². The highest BCUT2D eigenvalue weighted by molar-refractivity contribution is 6.31. The fraction of sp³-hybridized carbons (Fsp3) is 0.550. The number of methoxy groups -OCH3 is 1. The zero-order valence-corrected chi connectivity index (χ0v) is 16.8. The Kier molecular flexibility index (Phi) is 4.83. The number of carbonyl (C=O) groups excluding carboxylic acids is 3. The van der Waals surface area contributed by atoms with Gasteiger partial charge in [0, 0.05) is 11.8 Å². The van der Waals surface area contributed by atoms with Gasteiger partial charge in [0.05, 0.1) is 30.1 Å². The Morgan fingerprint density at radius 1 is 1.34 bits per heavy atom. The third kappa shape index (κ3) is 2.85. The fourth-order valence-corrected chi connectivity index (χ4v) is 5.48. The van der Waals surface area contributed by atoms with E-state index in [1.54, 1.807) is 6.07 Å². The number of aliphatic hydroxyl groups is 1. The largest absolute Gasteiger partial charge is 0.508 e. The maximum atomic E-state index is 13.0. The van der Waals surface area contributed by atoms with Gasteiger partial charge in [-0.15, -0.1) is 0 Å². The number of ether oxygens (including phenoxy) is 2. The van der Waals surface area contributed by atoms with Gasteiger partial charge in [0.25, 0.3) is 0 Å². The molecule has 3 amide bonds. The molecule has 2 heterocycles. The van der Waals surface area contributed by atoms with Crippen molar-refractivity contribution in [1.29, 1.82) is 0 Å². The molecule has 1 saturated carbocycles. The number of phenols is 1. The van der Waals surface area contributed by atoms with E-state index in [4.69, 9.17) is 16.3 Å². The molecule has 9 heteroatoms. The first-order valence-corrected chi connectivity index (χ1v) is 9.95. The first kappa shape index (κ1) is 20.1. The number of likely N-dealkylation sites (tertiary alicyclic amines) is 1. The highest BCUT2D eigenvalue weighted by atomic mass is 35.5. The molecule has 0 radical (unpaired) electrons. The highest BCUT2D eigenvalue weighted by Crippen LogP contribution is 2.59. The minimum Gasteiger partial charge on any atom is -0.508 e. The van der Waals surface area contributed by atoms with Crippen LogP contribution < -0.4 is 0 Å². The number of phenolic OH excluding ortho intramolecular Hbond substituents is 1. The van der Waals surface area contributed by atoms with Crippen molar-refractivity contribution < 1.29 is 34.1 Å². The SMILES string of the molecule is CC[C@H]1C[C@@H]2C(=O)N(C(=O)OC)C(=O)[C@@H]2[C@@H]2C[C@@H](c3ccc(O)cc3Cl)O[C@]12O. The van der Waals surface area contributed by atoms with Gasteiger partial charge >= 0.3 is 6.09 Å². The number of benzene rings is 1. The molecule has 29 heavy (non-hydrogen) atoms. The van der Waals surface area contributed by atoms with E-state index in [-0.39, 0.29) is 29.5 Å². The van der Waals surface area contributed by atoms with E-state index in [1.807, 2.05) is 6.92 Å². The molecule has 1 aliphatic carbocycles. The lowest BCUT2D eigenvalue weighted by atomic mass is 9.64. The van der Waals surface area contributed by atoms with Crippen LogP contribution in [0.15, 0.2) is 18.2 Å². The number of halogens is 1. The predicted molar refractivity (Wildman–Crippen MR) is 99.6 cm³/mol. The summed E-state index contributed by atoms with van der Waals surface area (Å²) in [5.74, 6) is -5.49. The van der Waals surface area contributed by atoms with Gasteiger partial charge in [-0.1, -0.05) is 24.6 Å². The number of carbonyl (C=O) groups is 3. The summed E-state index contributed by atoms with van der Waals surface area (Å²) in [5, 5.41) is 21.4. The van der Waals surface area contributed by atoms with Gasteiger partial charge in [-0.3, -0.25) is 9.59 Å². The summed E-state index contributed by atoms with van der Waals surface area (Å²) >= 11 is 6.26. The Balaban J connectivity index is 1.73. The molecule has 2 N–H and O–H groups in total. The number of aromatic hydroxyl groups is 1. The minimum atomic E-state index is -1.62. The number of hydrogen-bond donors (Lipinski definition) is 2. The Bertz CT molecular complexity index is 890. The number of hydrogen-bond acceptors (Lipinski definition) is 7. The molecule has 1 aromatic carbocycles. The quantitative estimate of drug-likeness (QED) is 0.703. The fourth-order valence-electron chi connectivity index (χ4n) is 5.19. The van der Waals surface area contributed by atoms with Crippen LogP contribution in [-0.4, -0.2) is 45.9 Å². The maximum Gasteiger partial charge on any atom is 0.423 e. The molecule has 3 fully saturated rings. The molecular weight excluding hydrogens is 402 g/mol. The standard InChI is InChI=1S/C20H22ClNO7/c1-3-9-6-12-16(18(25)22(17(12)24)19(26)28-2)13-8-15(29-20(9,13)27)11-5-4-10(23)7-14(11)21/h4-5,7,9,12-13,15-16,23,27H,3,6,8H2,1-2H3/t9-,12-,13-,15-,16-,20+/m0/s1. The Morgan fingerprint density at radius 3 is 2.69 bits per heavy atom.